The molecule has 1 N–H and O–H groups in total. The lowest BCUT2D eigenvalue weighted by molar-refractivity contribution is -0.132. The first-order valence-corrected chi connectivity index (χ1v) is 10.7. The molecule has 33 heavy (non-hydrogen) atoms. The molecule has 0 saturated carbocycles. The first-order chi connectivity index (χ1) is 16.0. The Bertz CT molecular complexity index is 1250. The van der Waals surface area contributed by atoms with Gasteiger partial charge in [0.05, 0.1) is 25.3 Å². The normalized spacial score (nSPS) is 17.3. The Morgan fingerprint density at radius 2 is 1.70 bits per heavy atom. The molecule has 0 spiro atoms. The number of rotatable bonds is 6. The van der Waals surface area contributed by atoms with E-state index in [1.165, 1.54) is 12.0 Å². The third-order valence-corrected chi connectivity index (χ3v) is 5.68. The Kier molecular flexibility index (Phi) is 6.18. The molecule has 1 amide bonds. The van der Waals surface area contributed by atoms with Crippen molar-refractivity contribution in [3.63, 3.8) is 0 Å². The molecule has 1 saturated heterocycles. The highest BCUT2D eigenvalue weighted by Gasteiger charge is 2.47. The molecule has 3 aromatic rings. The van der Waals surface area contributed by atoms with Gasteiger partial charge in [0, 0.05) is 17.3 Å². The molecule has 0 aromatic heterocycles. The van der Waals surface area contributed by atoms with Crippen LogP contribution in [0.4, 0.5) is 5.69 Å². The molecule has 0 radical (unpaired) electrons. The number of anilines is 1. The van der Waals surface area contributed by atoms with Gasteiger partial charge >= 0.3 is 0 Å². The van der Waals surface area contributed by atoms with Crippen molar-refractivity contribution in [1.29, 1.82) is 0 Å². The van der Waals surface area contributed by atoms with Crippen LogP contribution in [0, 0.1) is 6.92 Å². The minimum Gasteiger partial charge on any atom is -0.507 e. The molecule has 1 fully saturated rings. The van der Waals surface area contributed by atoms with Crippen LogP contribution in [-0.2, 0) is 9.59 Å². The van der Waals surface area contributed by atoms with Crippen LogP contribution >= 0.6 is 0 Å². The fraction of sp³-hybridized carbons (Fsp3) is 0.185. The van der Waals surface area contributed by atoms with Crippen molar-refractivity contribution in [1.82, 2.24) is 0 Å². The van der Waals surface area contributed by atoms with Gasteiger partial charge in [0.1, 0.15) is 17.3 Å². The second kappa shape index (κ2) is 9.20. The summed E-state index contributed by atoms with van der Waals surface area (Å²) in [6.07, 6.45) is 0. The Hall–Kier alpha value is -4.06. The molecule has 1 unspecified atom stereocenters. The zero-order chi connectivity index (χ0) is 23.5. The number of aliphatic hydroxyl groups excluding tert-OH is 1. The van der Waals surface area contributed by atoms with Gasteiger partial charge in [-0.1, -0.05) is 42.5 Å². The molecule has 0 aliphatic carbocycles. The first-order valence-electron chi connectivity index (χ1n) is 10.7. The largest absolute Gasteiger partial charge is 0.507 e. The van der Waals surface area contributed by atoms with Crippen molar-refractivity contribution < 1.29 is 24.2 Å². The highest BCUT2D eigenvalue weighted by atomic mass is 16.5. The predicted molar refractivity (Wildman–Crippen MR) is 127 cm³/mol. The van der Waals surface area contributed by atoms with E-state index in [1.54, 1.807) is 48.5 Å². The van der Waals surface area contributed by atoms with E-state index >= 15 is 0 Å². The summed E-state index contributed by atoms with van der Waals surface area (Å²) in [4.78, 5) is 28.0. The molecule has 1 aliphatic heterocycles. The van der Waals surface area contributed by atoms with Crippen molar-refractivity contribution in [3.8, 4) is 11.5 Å². The second-order valence-electron chi connectivity index (χ2n) is 7.69. The number of benzene rings is 3. The fourth-order valence-corrected chi connectivity index (χ4v) is 4.10. The van der Waals surface area contributed by atoms with Crippen LogP contribution in [0.2, 0.25) is 0 Å². The predicted octanol–water partition coefficient (Wildman–Crippen LogP) is 5.03. The van der Waals surface area contributed by atoms with E-state index in [0.717, 1.165) is 11.1 Å². The number of hydrogen-bond donors (Lipinski definition) is 1. The number of aliphatic hydroxyl groups is 1. The maximum absolute atomic E-state index is 13.3. The number of nitrogens with zero attached hydrogens (tertiary/aromatic N) is 1. The van der Waals surface area contributed by atoms with E-state index in [0.29, 0.717) is 29.4 Å². The van der Waals surface area contributed by atoms with Gasteiger partial charge in [0.25, 0.3) is 11.7 Å². The number of ether oxygens (including phenoxy) is 2. The summed E-state index contributed by atoms with van der Waals surface area (Å²) >= 11 is 0. The maximum atomic E-state index is 13.3. The molecule has 3 aromatic carbocycles. The molecular weight excluding hydrogens is 418 g/mol. The standard InChI is InChI=1S/C27H25NO5/c1-4-33-21-13-8-11-19(16-21)28-24(22-14-6-5-9-17(22)2)23(26(30)27(28)31)25(29)18-10-7-12-20(15-18)32-3/h5-16,24,29H,4H2,1-3H3/b25-23+. The first kappa shape index (κ1) is 22.1. The van der Waals surface area contributed by atoms with Crippen molar-refractivity contribution in [2.75, 3.05) is 18.6 Å². The van der Waals surface area contributed by atoms with Gasteiger partial charge < -0.3 is 14.6 Å². The van der Waals surface area contributed by atoms with Crippen LogP contribution < -0.4 is 14.4 Å². The molecule has 1 atom stereocenters. The third kappa shape index (κ3) is 4.07. The zero-order valence-corrected chi connectivity index (χ0v) is 18.7. The summed E-state index contributed by atoms with van der Waals surface area (Å²) in [5.74, 6) is -0.575. The van der Waals surface area contributed by atoms with Crippen LogP contribution in [0.1, 0.15) is 29.7 Å². The fourth-order valence-electron chi connectivity index (χ4n) is 4.10. The Morgan fingerprint density at radius 1 is 0.970 bits per heavy atom. The number of ketones is 1. The number of carbonyl (C=O) groups excluding carboxylic acids is 2. The van der Waals surface area contributed by atoms with Crippen molar-refractivity contribution in [3.05, 3.63) is 95.1 Å². The van der Waals surface area contributed by atoms with Crippen molar-refractivity contribution >= 4 is 23.1 Å². The van der Waals surface area contributed by atoms with Gasteiger partial charge in [-0.05, 0) is 49.2 Å². The summed E-state index contributed by atoms with van der Waals surface area (Å²) < 4.78 is 10.9. The van der Waals surface area contributed by atoms with E-state index in [-0.39, 0.29) is 11.3 Å². The van der Waals surface area contributed by atoms with Crippen molar-refractivity contribution in [2.24, 2.45) is 0 Å². The molecule has 6 nitrogen and oxygen atoms in total. The van der Waals surface area contributed by atoms with Crippen LogP contribution in [0.3, 0.4) is 0 Å². The Morgan fingerprint density at radius 3 is 2.42 bits per heavy atom. The molecule has 0 bridgehead atoms. The Balaban J connectivity index is 1.95. The molecule has 1 aliphatic rings. The average Bonchev–Trinajstić information content (AvgIpc) is 3.09. The van der Waals surface area contributed by atoms with Gasteiger partial charge in [0.15, 0.2) is 0 Å². The topological polar surface area (TPSA) is 76.1 Å². The SMILES string of the molecule is CCOc1cccc(N2C(=O)C(=O)/C(=C(/O)c3cccc(OC)c3)C2c2ccccc2C)c1. The molecular formula is C27H25NO5. The second-order valence-corrected chi connectivity index (χ2v) is 7.69. The van der Waals surface area contributed by atoms with Gasteiger partial charge in [-0.2, -0.15) is 0 Å². The van der Waals surface area contributed by atoms with E-state index in [9.17, 15) is 14.7 Å². The van der Waals surface area contributed by atoms with Gasteiger partial charge in [-0.3, -0.25) is 14.5 Å². The number of methoxy groups -OCH3 is 1. The number of Topliss-reactive ketones (excluding diaryl/α,β-unsaturated/α-hetero) is 1. The monoisotopic (exact) mass is 443 g/mol. The zero-order valence-electron chi connectivity index (χ0n) is 18.7. The van der Waals surface area contributed by atoms with Gasteiger partial charge in [-0.25, -0.2) is 0 Å². The third-order valence-electron chi connectivity index (χ3n) is 5.68. The minimum absolute atomic E-state index is 0.0318. The number of amides is 1. The molecule has 4 rings (SSSR count). The average molecular weight is 443 g/mol. The highest BCUT2D eigenvalue weighted by molar-refractivity contribution is 6.51. The molecule has 1 heterocycles. The van der Waals surface area contributed by atoms with Crippen molar-refractivity contribution in [2.45, 2.75) is 19.9 Å². The summed E-state index contributed by atoms with van der Waals surface area (Å²) in [6.45, 7) is 4.26. The van der Waals surface area contributed by atoms with Gasteiger partial charge in [0.2, 0.25) is 0 Å². The number of aryl methyl sites for hydroxylation is 1. The van der Waals surface area contributed by atoms with Crippen LogP contribution in [0.5, 0.6) is 11.5 Å². The van der Waals surface area contributed by atoms with E-state index in [2.05, 4.69) is 0 Å². The number of carbonyl (C=O) groups is 2. The quantitative estimate of drug-likeness (QED) is 0.329. The summed E-state index contributed by atoms with van der Waals surface area (Å²) in [5, 5.41) is 11.3. The lowest BCUT2D eigenvalue weighted by atomic mass is 9.92. The summed E-state index contributed by atoms with van der Waals surface area (Å²) in [6, 6.07) is 20.5. The number of hydrogen-bond acceptors (Lipinski definition) is 5. The van der Waals surface area contributed by atoms with Gasteiger partial charge in [-0.15, -0.1) is 0 Å². The summed E-state index contributed by atoms with van der Waals surface area (Å²) in [7, 11) is 1.52. The minimum atomic E-state index is -0.797. The highest BCUT2D eigenvalue weighted by Crippen LogP contribution is 2.43. The molecule has 168 valence electrons. The molecule has 6 heteroatoms. The van der Waals surface area contributed by atoms with Crippen LogP contribution in [0.25, 0.3) is 5.76 Å². The van der Waals surface area contributed by atoms with E-state index in [4.69, 9.17) is 9.47 Å². The lowest BCUT2D eigenvalue weighted by Gasteiger charge is -2.27. The van der Waals surface area contributed by atoms with E-state index < -0.39 is 17.7 Å². The lowest BCUT2D eigenvalue weighted by Crippen LogP contribution is -2.29. The summed E-state index contributed by atoms with van der Waals surface area (Å²) in [5.41, 5.74) is 2.59. The van der Waals surface area contributed by atoms with Crippen LogP contribution in [0.15, 0.2) is 78.4 Å². The van der Waals surface area contributed by atoms with Crippen LogP contribution in [-0.4, -0.2) is 30.5 Å². The smallest absolute Gasteiger partial charge is 0.300 e. The Labute approximate surface area is 192 Å². The maximum Gasteiger partial charge on any atom is 0.300 e. The van der Waals surface area contributed by atoms with E-state index in [1.807, 2.05) is 38.1 Å².